The lowest BCUT2D eigenvalue weighted by Crippen LogP contribution is -2.47. The minimum atomic E-state index is -2.98. The number of halogens is 2. The second-order valence-corrected chi connectivity index (χ2v) is 6.10. The highest BCUT2D eigenvalue weighted by atomic mass is 19.3. The summed E-state index contributed by atoms with van der Waals surface area (Å²) in [6.45, 7) is -0.0738. The monoisotopic (exact) mass is 373 g/mol. The van der Waals surface area contributed by atoms with Crippen molar-refractivity contribution >= 4 is 22.5 Å². The summed E-state index contributed by atoms with van der Waals surface area (Å²) in [5.74, 6) is 0.690. The number of alkyl halides is 2. The maximum Gasteiger partial charge on any atom is 0.405 e. The van der Waals surface area contributed by atoms with Gasteiger partial charge in [0.25, 0.3) is 0 Å². The quantitative estimate of drug-likeness (QED) is 0.695. The standard InChI is InChI=1S/C18H17F2N5O2/c19-17(20)27-25-7-4-16(26)14-3-2-13(12-15(14)25)23-8-10-24(11-9-23)18-21-5-1-6-22-18/h1-7,12,17H,8-11H2. The Morgan fingerprint density at radius 1 is 1.00 bits per heavy atom. The highest BCUT2D eigenvalue weighted by Crippen LogP contribution is 2.22. The van der Waals surface area contributed by atoms with Crippen molar-refractivity contribution < 1.29 is 13.6 Å². The molecular formula is C18H17F2N5O2. The highest BCUT2D eigenvalue weighted by molar-refractivity contribution is 5.82. The van der Waals surface area contributed by atoms with Gasteiger partial charge in [0.1, 0.15) is 0 Å². The van der Waals surface area contributed by atoms with E-state index in [1.54, 1.807) is 30.6 Å². The van der Waals surface area contributed by atoms with Crippen LogP contribution in [0.3, 0.4) is 0 Å². The third kappa shape index (κ3) is 3.53. The van der Waals surface area contributed by atoms with Crippen LogP contribution in [-0.2, 0) is 0 Å². The Labute approximate surface area is 153 Å². The van der Waals surface area contributed by atoms with E-state index in [1.807, 2.05) is 6.07 Å². The molecule has 0 radical (unpaired) electrons. The molecule has 0 saturated carbocycles. The van der Waals surface area contributed by atoms with Crippen LogP contribution in [0.1, 0.15) is 0 Å². The fourth-order valence-corrected chi connectivity index (χ4v) is 3.21. The van der Waals surface area contributed by atoms with Crippen LogP contribution < -0.4 is 20.1 Å². The first-order valence-corrected chi connectivity index (χ1v) is 8.49. The molecular weight excluding hydrogens is 356 g/mol. The lowest BCUT2D eigenvalue weighted by Gasteiger charge is -2.36. The second kappa shape index (κ2) is 7.18. The van der Waals surface area contributed by atoms with Gasteiger partial charge in [-0.1, -0.05) is 0 Å². The Bertz CT molecular complexity index is 988. The van der Waals surface area contributed by atoms with E-state index >= 15 is 0 Å². The molecule has 1 aliphatic rings. The molecule has 1 saturated heterocycles. The molecule has 0 spiro atoms. The van der Waals surface area contributed by atoms with Crippen LogP contribution in [0.4, 0.5) is 20.4 Å². The van der Waals surface area contributed by atoms with Gasteiger partial charge >= 0.3 is 6.61 Å². The van der Waals surface area contributed by atoms with E-state index in [2.05, 4.69) is 24.6 Å². The topological polar surface area (TPSA) is 63.5 Å². The molecule has 140 valence electrons. The smallest absolute Gasteiger partial charge is 0.368 e. The Hall–Kier alpha value is -3.23. The van der Waals surface area contributed by atoms with Gasteiger partial charge in [-0.3, -0.25) is 4.79 Å². The van der Waals surface area contributed by atoms with Gasteiger partial charge in [-0.05, 0) is 24.3 Å². The number of benzene rings is 1. The van der Waals surface area contributed by atoms with Crippen LogP contribution in [-0.4, -0.2) is 47.5 Å². The number of hydrogen-bond donors (Lipinski definition) is 0. The maximum absolute atomic E-state index is 12.7. The molecule has 7 nitrogen and oxygen atoms in total. The van der Waals surface area contributed by atoms with Crippen molar-refractivity contribution in [2.45, 2.75) is 6.61 Å². The maximum atomic E-state index is 12.7. The number of rotatable bonds is 4. The van der Waals surface area contributed by atoms with E-state index in [1.165, 1.54) is 12.3 Å². The van der Waals surface area contributed by atoms with Crippen LogP contribution in [0.2, 0.25) is 0 Å². The molecule has 3 heterocycles. The third-order valence-electron chi connectivity index (χ3n) is 4.52. The first-order chi connectivity index (χ1) is 13.1. The lowest BCUT2D eigenvalue weighted by atomic mass is 10.1. The van der Waals surface area contributed by atoms with Gasteiger partial charge in [0.2, 0.25) is 5.95 Å². The predicted octanol–water partition coefficient (Wildman–Crippen LogP) is 1.77. The van der Waals surface area contributed by atoms with Crippen LogP contribution in [0.25, 0.3) is 10.9 Å². The van der Waals surface area contributed by atoms with Crippen molar-refractivity contribution in [2.75, 3.05) is 36.0 Å². The lowest BCUT2D eigenvalue weighted by molar-refractivity contribution is -0.129. The van der Waals surface area contributed by atoms with Crippen molar-refractivity contribution in [3.8, 4) is 0 Å². The van der Waals surface area contributed by atoms with Gasteiger partial charge in [-0.2, -0.15) is 13.5 Å². The number of aromatic nitrogens is 3. The minimum Gasteiger partial charge on any atom is -0.368 e. The van der Waals surface area contributed by atoms with E-state index in [-0.39, 0.29) is 5.43 Å². The summed E-state index contributed by atoms with van der Waals surface area (Å²) in [7, 11) is 0. The summed E-state index contributed by atoms with van der Waals surface area (Å²) < 4.78 is 26.3. The fraction of sp³-hybridized carbons (Fsp3) is 0.278. The number of pyridine rings is 1. The normalized spacial score (nSPS) is 14.8. The largest absolute Gasteiger partial charge is 0.405 e. The first-order valence-electron chi connectivity index (χ1n) is 8.49. The van der Waals surface area contributed by atoms with Crippen LogP contribution >= 0.6 is 0 Å². The molecule has 0 aliphatic carbocycles. The molecule has 3 aromatic rings. The Kier molecular flexibility index (Phi) is 4.57. The Balaban J connectivity index is 1.58. The molecule has 27 heavy (non-hydrogen) atoms. The van der Waals surface area contributed by atoms with E-state index in [9.17, 15) is 13.6 Å². The zero-order valence-electron chi connectivity index (χ0n) is 14.3. The molecule has 1 aliphatic heterocycles. The summed E-state index contributed by atoms with van der Waals surface area (Å²) in [6, 6.07) is 8.16. The van der Waals surface area contributed by atoms with Crippen LogP contribution in [0.5, 0.6) is 0 Å². The van der Waals surface area contributed by atoms with Crippen molar-refractivity contribution in [2.24, 2.45) is 0 Å². The SMILES string of the molecule is O=c1ccn(OC(F)F)c2cc(N3CCN(c4ncccn4)CC3)ccc12. The average molecular weight is 373 g/mol. The van der Waals surface area contributed by atoms with Crippen molar-refractivity contribution in [1.82, 2.24) is 14.7 Å². The molecule has 0 bridgehead atoms. The highest BCUT2D eigenvalue weighted by Gasteiger charge is 2.20. The van der Waals surface area contributed by atoms with E-state index in [0.29, 0.717) is 16.9 Å². The Morgan fingerprint density at radius 3 is 2.41 bits per heavy atom. The zero-order chi connectivity index (χ0) is 18.8. The summed E-state index contributed by atoms with van der Waals surface area (Å²) in [5.41, 5.74) is 0.916. The fourth-order valence-electron chi connectivity index (χ4n) is 3.21. The average Bonchev–Trinajstić information content (AvgIpc) is 2.70. The van der Waals surface area contributed by atoms with E-state index in [4.69, 9.17) is 0 Å². The summed E-state index contributed by atoms with van der Waals surface area (Å²) in [5, 5.41) is 0.332. The zero-order valence-corrected chi connectivity index (χ0v) is 14.3. The Morgan fingerprint density at radius 2 is 1.70 bits per heavy atom. The van der Waals surface area contributed by atoms with Crippen molar-refractivity contribution in [3.63, 3.8) is 0 Å². The van der Waals surface area contributed by atoms with Gasteiger partial charge < -0.3 is 14.6 Å². The third-order valence-corrected chi connectivity index (χ3v) is 4.52. The van der Waals surface area contributed by atoms with Crippen LogP contribution in [0.15, 0.2) is 53.7 Å². The van der Waals surface area contributed by atoms with Gasteiger partial charge in [0, 0.05) is 61.9 Å². The number of anilines is 2. The van der Waals surface area contributed by atoms with Gasteiger partial charge in [-0.25, -0.2) is 9.97 Å². The molecule has 4 rings (SSSR count). The molecule has 2 aromatic heterocycles. The molecule has 0 atom stereocenters. The number of nitrogens with zero attached hydrogens (tertiary/aromatic N) is 5. The molecule has 0 N–H and O–H groups in total. The minimum absolute atomic E-state index is 0.239. The van der Waals surface area contributed by atoms with Gasteiger partial charge in [0.05, 0.1) is 5.52 Å². The summed E-state index contributed by atoms with van der Waals surface area (Å²) >= 11 is 0. The summed E-state index contributed by atoms with van der Waals surface area (Å²) in [6.07, 6.45) is 4.63. The molecule has 0 unspecified atom stereocenters. The summed E-state index contributed by atoms with van der Waals surface area (Å²) in [4.78, 5) is 29.3. The first kappa shape index (κ1) is 17.2. The van der Waals surface area contributed by atoms with E-state index < -0.39 is 6.61 Å². The van der Waals surface area contributed by atoms with Gasteiger partial charge in [-0.15, -0.1) is 0 Å². The van der Waals surface area contributed by atoms with Crippen molar-refractivity contribution in [3.05, 3.63) is 59.1 Å². The number of hydrogen-bond acceptors (Lipinski definition) is 6. The number of fused-ring (bicyclic) bond motifs is 1. The molecule has 1 fully saturated rings. The van der Waals surface area contributed by atoms with Gasteiger partial charge in [0.15, 0.2) is 5.43 Å². The molecule has 0 amide bonds. The van der Waals surface area contributed by atoms with E-state index in [0.717, 1.165) is 36.6 Å². The second-order valence-electron chi connectivity index (χ2n) is 6.10. The predicted molar refractivity (Wildman–Crippen MR) is 97.3 cm³/mol. The van der Waals surface area contributed by atoms with Crippen LogP contribution in [0, 0.1) is 0 Å². The number of piperazine rings is 1. The molecule has 9 heteroatoms. The van der Waals surface area contributed by atoms with Crippen molar-refractivity contribution in [1.29, 1.82) is 0 Å². The molecule has 1 aromatic carbocycles.